The van der Waals surface area contributed by atoms with Gasteiger partial charge in [-0.1, -0.05) is 6.92 Å². The summed E-state index contributed by atoms with van der Waals surface area (Å²) in [4.78, 5) is 36.3. The number of carboxylic acid groups (broad SMARTS) is 1. The van der Waals surface area contributed by atoms with E-state index in [-0.39, 0.29) is 22.6 Å². The summed E-state index contributed by atoms with van der Waals surface area (Å²) in [5.41, 5.74) is 0.133. The zero-order valence-electron chi connectivity index (χ0n) is 13.8. The first kappa shape index (κ1) is 18.1. The maximum Gasteiger partial charge on any atom is 0.326 e. The van der Waals surface area contributed by atoms with Crippen LogP contribution >= 0.6 is 11.8 Å². The molecule has 26 heavy (non-hydrogen) atoms. The van der Waals surface area contributed by atoms with Crippen molar-refractivity contribution in [2.24, 2.45) is 5.92 Å². The first-order chi connectivity index (χ1) is 12.4. The lowest BCUT2D eigenvalue weighted by Gasteiger charge is -2.24. The van der Waals surface area contributed by atoms with Gasteiger partial charge >= 0.3 is 11.7 Å². The normalized spacial score (nSPS) is 18.2. The molecule has 0 spiro atoms. The van der Waals surface area contributed by atoms with E-state index in [0.29, 0.717) is 30.0 Å². The Morgan fingerprint density at radius 3 is 2.88 bits per heavy atom. The summed E-state index contributed by atoms with van der Waals surface area (Å²) >= 11 is 1.30. The van der Waals surface area contributed by atoms with Gasteiger partial charge in [-0.15, -0.1) is 11.8 Å². The number of hydrogen-bond acceptors (Lipinski definition) is 8. The van der Waals surface area contributed by atoms with E-state index in [1.165, 1.54) is 22.7 Å². The summed E-state index contributed by atoms with van der Waals surface area (Å²) in [7, 11) is 0. The van der Waals surface area contributed by atoms with Gasteiger partial charge in [-0.3, -0.25) is 14.9 Å². The Hall–Kier alpha value is -2.69. The fourth-order valence-corrected chi connectivity index (χ4v) is 3.96. The molecule has 10 nitrogen and oxygen atoms in total. The Balaban J connectivity index is 1.71. The Morgan fingerprint density at radius 2 is 2.19 bits per heavy atom. The van der Waals surface area contributed by atoms with Crippen molar-refractivity contribution in [2.45, 2.75) is 30.7 Å². The number of non-ortho nitro benzene ring substituents is 1. The van der Waals surface area contributed by atoms with Gasteiger partial charge in [0.2, 0.25) is 11.4 Å². The Kier molecular flexibility index (Phi) is 5.07. The third-order valence-electron chi connectivity index (χ3n) is 4.29. The number of nitrogens with zero attached hydrogens (tertiary/aromatic N) is 4. The minimum Gasteiger partial charge on any atom is -0.480 e. The smallest absolute Gasteiger partial charge is 0.326 e. The molecule has 3 rings (SSSR count). The van der Waals surface area contributed by atoms with Crippen LogP contribution in [0.2, 0.25) is 0 Å². The summed E-state index contributed by atoms with van der Waals surface area (Å²) in [5, 5.41) is 27.5. The van der Waals surface area contributed by atoms with Crippen molar-refractivity contribution in [1.29, 1.82) is 0 Å². The molecule has 2 heterocycles. The molecule has 1 aliphatic rings. The number of fused-ring (bicyclic) bond motifs is 1. The third-order valence-corrected chi connectivity index (χ3v) is 5.59. The minimum atomic E-state index is -0.985. The Morgan fingerprint density at radius 1 is 1.46 bits per heavy atom. The molecule has 1 amide bonds. The van der Waals surface area contributed by atoms with Crippen molar-refractivity contribution in [3.05, 3.63) is 22.2 Å². The van der Waals surface area contributed by atoms with E-state index in [1.54, 1.807) is 13.0 Å². The maximum atomic E-state index is 12.6. The van der Waals surface area contributed by atoms with Crippen LogP contribution in [0, 0.1) is 16.0 Å². The molecular formula is C15H16N4O6S. The number of carboxylic acids is 1. The summed E-state index contributed by atoms with van der Waals surface area (Å²) in [6, 6.07) is 2.10. The first-order valence-corrected chi connectivity index (χ1v) is 8.94. The van der Waals surface area contributed by atoms with Gasteiger partial charge in [0, 0.05) is 29.2 Å². The average molecular weight is 380 g/mol. The van der Waals surface area contributed by atoms with Crippen molar-refractivity contribution in [3.8, 4) is 0 Å². The van der Waals surface area contributed by atoms with Crippen molar-refractivity contribution in [2.75, 3.05) is 12.3 Å². The summed E-state index contributed by atoms with van der Waals surface area (Å²) < 4.78 is 4.61. The fourth-order valence-electron chi connectivity index (χ4n) is 2.95. The van der Waals surface area contributed by atoms with Gasteiger partial charge in [0.1, 0.15) is 6.04 Å². The van der Waals surface area contributed by atoms with Crippen LogP contribution in [0.5, 0.6) is 0 Å². The van der Waals surface area contributed by atoms with Crippen molar-refractivity contribution in [1.82, 2.24) is 15.2 Å². The molecule has 2 atom stereocenters. The molecule has 0 bridgehead atoms. The topological polar surface area (TPSA) is 140 Å². The predicted octanol–water partition coefficient (Wildman–Crippen LogP) is 1.93. The molecule has 1 aromatic heterocycles. The summed E-state index contributed by atoms with van der Waals surface area (Å²) in [6.07, 6.45) is 1.14. The highest BCUT2D eigenvalue weighted by Gasteiger charge is 2.35. The van der Waals surface area contributed by atoms with Crippen molar-refractivity contribution >= 4 is 40.4 Å². The van der Waals surface area contributed by atoms with Gasteiger partial charge in [0.25, 0.3) is 0 Å². The molecule has 0 saturated carbocycles. The average Bonchev–Trinajstić information content (AvgIpc) is 3.27. The molecule has 0 unspecified atom stereocenters. The van der Waals surface area contributed by atoms with E-state index in [1.807, 2.05) is 0 Å². The molecule has 1 saturated heterocycles. The highest BCUT2D eigenvalue weighted by Crippen LogP contribution is 2.33. The van der Waals surface area contributed by atoms with E-state index in [0.717, 1.165) is 0 Å². The number of benzene rings is 1. The Labute approximate surface area is 151 Å². The lowest BCUT2D eigenvalue weighted by molar-refractivity contribution is -0.383. The number of aromatic nitrogens is 2. The van der Waals surface area contributed by atoms with E-state index in [9.17, 15) is 24.8 Å². The molecule has 138 valence electrons. The molecule has 1 fully saturated rings. The highest BCUT2D eigenvalue weighted by molar-refractivity contribution is 7.99. The lowest BCUT2D eigenvalue weighted by Crippen LogP contribution is -2.43. The number of carbonyl (C=O) groups excluding carboxylic acids is 1. The largest absolute Gasteiger partial charge is 0.480 e. The predicted molar refractivity (Wildman–Crippen MR) is 90.7 cm³/mol. The Bertz CT molecular complexity index is 869. The minimum absolute atomic E-state index is 0.0597. The van der Waals surface area contributed by atoms with Gasteiger partial charge in [-0.05, 0) is 29.2 Å². The van der Waals surface area contributed by atoms with Crippen molar-refractivity contribution < 1.29 is 24.2 Å². The van der Waals surface area contributed by atoms with Crippen molar-refractivity contribution in [3.63, 3.8) is 0 Å². The number of nitro groups is 1. The SMILES string of the molecule is C[C@H](CSc1ccc([N+](=O)[O-])c2nonc12)C(=O)N1CCC[C@H]1C(=O)O. The molecule has 0 aliphatic carbocycles. The van der Waals surface area contributed by atoms with Crippen LogP contribution in [-0.4, -0.2) is 55.5 Å². The lowest BCUT2D eigenvalue weighted by atomic mass is 10.1. The second kappa shape index (κ2) is 7.28. The van der Waals surface area contributed by atoms with Crippen LogP contribution < -0.4 is 0 Å². The molecule has 1 N–H and O–H groups in total. The third kappa shape index (κ3) is 3.34. The molecule has 0 radical (unpaired) electrons. The van der Waals surface area contributed by atoms with Gasteiger partial charge < -0.3 is 10.0 Å². The van der Waals surface area contributed by atoms with Crippen LogP contribution in [0.25, 0.3) is 11.0 Å². The number of aliphatic carboxylic acids is 1. The zero-order chi connectivity index (χ0) is 18.8. The van der Waals surface area contributed by atoms with Gasteiger partial charge in [-0.25, -0.2) is 9.42 Å². The molecule has 2 aromatic rings. The zero-order valence-corrected chi connectivity index (χ0v) is 14.6. The summed E-state index contributed by atoms with van der Waals surface area (Å²) in [5.74, 6) is -1.23. The molecule has 1 aliphatic heterocycles. The van der Waals surface area contributed by atoms with Gasteiger partial charge in [0.05, 0.1) is 4.92 Å². The molecular weight excluding hydrogens is 364 g/mol. The van der Waals surface area contributed by atoms with E-state index in [4.69, 9.17) is 0 Å². The fraction of sp³-hybridized carbons (Fsp3) is 0.467. The number of hydrogen-bond donors (Lipinski definition) is 1. The van der Waals surface area contributed by atoms with Gasteiger partial charge in [0.15, 0.2) is 5.52 Å². The number of amides is 1. The highest BCUT2D eigenvalue weighted by atomic mass is 32.2. The number of nitro benzene ring substituents is 1. The van der Waals surface area contributed by atoms with Crippen LogP contribution in [0.4, 0.5) is 5.69 Å². The van der Waals surface area contributed by atoms with E-state index < -0.39 is 22.9 Å². The van der Waals surface area contributed by atoms with Gasteiger partial charge in [-0.2, -0.15) is 0 Å². The first-order valence-electron chi connectivity index (χ1n) is 7.96. The quantitative estimate of drug-likeness (QED) is 0.452. The van der Waals surface area contributed by atoms with Crippen LogP contribution in [0.3, 0.4) is 0 Å². The second-order valence-electron chi connectivity index (χ2n) is 6.04. The number of thioether (sulfide) groups is 1. The number of likely N-dealkylation sites (tertiary alicyclic amines) is 1. The van der Waals surface area contributed by atoms with Crippen LogP contribution in [-0.2, 0) is 9.59 Å². The maximum absolute atomic E-state index is 12.6. The summed E-state index contributed by atoms with van der Waals surface area (Å²) in [6.45, 7) is 2.18. The number of rotatable bonds is 6. The molecule has 11 heteroatoms. The molecule has 1 aromatic carbocycles. The number of carbonyl (C=O) groups is 2. The van der Waals surface area contributed by atoms with Crippen LogP contribution in [0.1, 0.15) is 19.8 Å². The van der Waals surface area contributed by atoms with E-state index in [2.05, 4.69) is 14.9 Å². The monoisotopic (exact) mass is 380 g/mol. The van der Waals surface area contributed by atoms with E-state index >= 15 is 0 Å². The van der Waals surface area contributed by atoms with Crippen LogP contribution in [0.15, 0.2) is 21.7 Å². The standard InChI is InChI=1S/C15H16N4O6S/c1-8(14(20)18-6-2-3-10(18)15(21)22)7-26-11-5-4-9(19(23)24)12-13(11)17-25-16-12/h4-5,8,10H,2-3,6-7H2,1H3,(H,21,22)/t8-,10+/m1/s1. The second-order valence-corrected chi connectivity index (χ2v) is 7.10.